The molecule has 0 saturated carbocycles. The third kappa shape index (κ3) is 6.07. The highest BCUT2D eigenvalue weighted by molar-refractivity contribution is 5.61. The zero-order valence-corrected chi connectivity index (χ0v) is 13.1. The summed E-state index contributed by atoms with van der Waals surface area (Å²) in [6.45, 7) is 13.1. The van der Waals surface area contributed by atoms with Crippen LogP contribution in [0.3, 0.4) is 0 Å². The molecule has 0 bridgehead atoms. The van der Waals surface area contributed by atoms with Crippen LogP contribution in [0.2, 0.25) is 0 Å². The maximum absolute atomic E-state index is 3.90. The Kier molecular flexibility index (Phi) is 6.86. The van der Waals surface area contributed by atoms with Crippen LogP contribution in [0.4, 0.5) is 0 Å². The summed E-state index contributed by atoms with van der Waals surface area (Å²) in [5.74, 6) is 0.978. The molecule has 19 heavy (non-hydrogen) atoms. The highest BCUT2D eigenvalue weighted by atomic mass is 15.1. The number of rotatable bonds is 2. The quantitative estimate of drug-likeness (QED) is 0.748. The van der Waals surface area contributed by atoms with Crippen molar-refractivity contribution in [1.82, 2.24) is 4.90 Å². The van der Waals surface area contributed by atoms with Crippen molar-refractivity contribution in [3.05, 3.63) is 42.0 Å². The molecule has 1 saturated heterocycles. The molecule has 0 aromatic heterocycles. The van der Waals surface area contributed by atoms with Gasteiger partial charge in [-0.25, -0.2) is 0 Å². The molecule has 1 nitrogen and oxygen atoms in total. The monoisotopic (exact) mass is 259 g/mol. The van der Waals surface area contributed by atoms with Gasteiger partial charge in [-0.15, -0.1) is 0 Å². The van der Waals surface area contributed by atoms with Gasteiger partial charge < -0.3 is 4.90 Å². The number of benzene rings is 1. The van der Waals surface area contributed by atoms with Crippen LogP contribution in [0.1, 0.15) is 44.7 Å². The Bertz CT molecular complexity index is 376. The molecular weight excluding hydrogens is 230 g/mol. The molecular formula is C18H29N. The second kappa shape index (κ2) is 8.16. The maximum atomic E-state index is 3.90. The van der Waals surface area contributed by atoms with E-state index in [-0.39, 0.29) is 0 Å². The largest absolute Gasteiger partial charge is 0.306 e. The Balaban J connectivity index is 0.000000200. The van der Waals surface area contributed by atoms with Crippen LogP contribution in [0.25, 0.3) is 5.57 Å². The fraction of sp³-hybridized carbons (Fsp3) is 0.556. The third-order valence-corrected chi connectivity index (χ3v) is 3.84. The van der Waals surface area contributed by atoms with Crippen molar-refractivity contribution in [3.8, 4) is 0 Å². The van der Waals surface area contributed by atoms with Crippen molar-refractivity contribution in [2.24, 2.45) is 5.92 Å². The molecule has 1 aromatic carbocycles. The third-order valence-electron chi connectivity index (χ3n) is 3.84. The fourth-order valence-corrected chi connectivity index (χ4v) is 2.19. The number of allylic oxidation sites excluding steroid dienone is 1. The Morgan fingerprint density at radius 2 is 1.95 bits per heavy atom. The van der Waals surface area contributed by atoms with E-state index in [2.05, 4.69) is 56.6 Å². The number of aryl methyl sites for hydroxylation is 1. The van der Waals surface area contributed by atoms with Crippen molar-refractivity contribution in [2.45, 2.75) is 40.0 Å². The molecule has 1 heteroatoms. The van der Waals surface area contributed by atoms with Crippen molar-refractivity contribution in [3.63, 3.8) is 0 Å². The summed E-state index contributed by atoms with van der Waals surface area (Å²) < 4.78 is 0. The first kappa shape index (κ1) is 16.0. The number of piperidine rings is 1. The average Bonchev–Trinajstić information content (AvgIpc) is 2.43. The molecule has 1 heterocycles. The van der Waals surface area contributed by atoms with Gasteiger partial charge in [0.25, 0.3) is 0 Å². The van der Waals surface area contributed by atoms with Crippen molar-refractivity contribution < 1.29 is 0 Å². The minimum atomic E-state index is 0.978. The van der Waals surface area contributed by atoms with Crippen LogP contribution < -0.4 is 0 Å². The Labute approximate surface area is 119 Å². The number of hydrogen-bond donors (Lipinski definition) is 0. The molecule has 1 aliphatic heterocycles. The van der Waals surface area contributed by atoms with Crippen molar-refractivity contribution in [1.29, 1.82) is 0 Å². The van der Waals surface area contributed by atoms with Gasteiger partial charge in [0, 0.05) is 0 Å². The van der Waals surface area contributed by atoms with Crippen LogP contribution in [0, 0.1) is 5.92 Å². The van der Waals surface area contributed by atoms with Gasteiger partial charge in [0.05, 0.1) is 0 Å². The fourth-order valence-electron chi connectivity index (χ4n) is 2.19. The Morgan fingerprint density at radius 1 is 1.32 bits per heavy atom. The second-order valence-electron chi connectivity index (χ2n) is 5.82. The lowest BCUT2D eigenvalue weighted by Gasteiger charge is -2.26. The molecule has 1 aromatic rings. The minimum absolute atomic E-state index is 0.978. The van der Waals surface area contributed by atoms with Crippen molar-refractivity contribution in [2.75, 3.05) is 20.1 Å². The highest BCUT2D eigenvalue weighted by Gasteiger charge is 2.10. The van der Waals surface area contributed by atoms with E-state index >= 15 is 0 Å². The summed E-state index contributed by atoms with van der Waals surface area (Å²) in [5, 5.41) is 0. The van der Waals surface area contributed by atoms with Gasteiger partial charge >= 0.3 is 0 Å². The Hall–Kier alpha value is -1.08. The SMILES string of the molecule is C=C(C)c1cccc(CC)c1.CC1CCN(C)CC1. The second-order valence-corrected chi connectivity index (χ2v) is 5.82. The van der Waals surface area contributed by atoms with Gasteiger partial charge in [-0.3, -0.25) is 0 Å². The summed E-state index contributed by atoms with van der Waals surface area (Å²) in [5.41, 5.74) is 3.77. The first-order valence-electron chi connectivity index (χ1n) is 7.46. The minimum Gasteiger partial charge on any atom is -0.306 e. The van der Waals surface area contributed by atoms with E-state index in [0.717, 1.165) is 17.9 Å². The van der Waals surface area contributed by atoms with Crippen LogP contribution in [0.5, 0.6) is 0 Å². The van der Waals surface area contributed by atoms with E-state index in [1.165, 1.54) is 37.1 Å². The Morgan fingerprint density at radius 3 is 2.42 bits per heavy atom. The van der Waals surface area contributed by atoms with E-state index < -0.39 is 0 Å². The maximum Gasteiger partial charge on any atom is -0.00192 e. The van der Waals surface area contributed by atoms with E-state index in [9.17, 15) is 0 Å². The highest BCUT2D eigenvalue weighted by Crippen LogP contribution is 2.14. The molecule has 0 N–H and O–H groups in total. The van der Waals surface area contributed by atoms with Gasteiger partial charge in [0.2, 0.25) is 0 Å². The molecule has 0 aliphatic carbocycles. The van der Waals surface area contributed by atoms with Gasteiger partial charge in [-0.05, 0) is 63.4 Å². The lowest BCUT2D eigenvalue weighted by molar-refractivity contribution is 0.230. The summed E-state index contributed by atoms with van der Waals surface area (Å²) in [6, 6.07) is 8.53. The predicted octanol–water partition coefficient (Wildman–Crippen LogP) is 4.63. The lowest BCUT2D eigenvalue weighted by Crippen LogP contribution is -2.28. The molecule has 0 radical (unpaired) electrons. The molecule has 0 atom stereocenters. The van der Waals surface area contributed by atoms with Gasteiger partial charge in [-0.2, -0.15) is 0 Å². The molecule has 106 valence electrons. The van der Waals surface area contributed by atoms with Crippen LogP contribution in [-0.2, 0) is 6.42 Å². The molecule has 0 amide bonds. The summed E-state index contributed by atoms with van der Waals surface area (Å²) in [4.78, 5) is 2.40. The van der Waals surface area contributed by atoms with E-state index in [1.54, 1.807) is 0 Å². The standard InChI is InChI=1S/C11H14.C7H15N/c1-4-10-6-5-7-11(8-10)9(2)3;1-7-3-5-8(2)6-4-7/h5-8H,2,4H2,1,3H3;7H,3-6H2,1-2H3. The van der Waals surface area contributed by atoms with Crippen LogP contribution in [0.15, 0.2) is 30.8 Å². The summed E-state index contributed by atoms with van der Waals surface area (Å²) in [6.07, 6.45) is 3.90. The molecule has 0 spiro atoms. The number of likely N-dealkylation sites (tertiary alicyclic amines) is 1. The van der Waals surface area contributed by atoms with E-state index in [4.69, 9.17) is 0 Å². The average molecular weight is 259 g/mol. The van der Waals surface area contributed by atoms with Crippen LogP contribution >= 0.6 is 0 Å². The first-order chi connectivity index (χ1) is 9.02. The smallest absolute Gasteiger partial charge is 0.00192 e. The molecule has 1 aliphatic rings. The summed E-state index contributed by atoms with van der Waals surface area (Å²) >= 11 is 0. The van der Waals surface area contributed by atoms with Gasteiger partial charge in [-0.1, -0.05) is 50.3 Å². The lowest BCUT2D eigenvalue weighted by atomic mass is 10.00. The summed E-state index contributed by atoms with van der Waals surface area (Å²) in [7, 11) is 2.20. The van der Waals surface area contributed by atoms with Crippen molar-refractivity contribution >= 4 is 5.57 Å². The van der Waals surface area contributed by atoms with Crippen LogP contribution in [-0.4, -0.2) is 25.0 Å². The molecule has 2 rings (SSSR count). The van der Waals surface area contributed by atoms with Gasteiger partial charge in [0.15, 0.2) is 0 Å². The first-order valence-corrected chi connectivity index (χ1v) is 7.46. The topological polar surface area (TPSA) is 3.24 Å². The van der Waals surface area contributed by atoms with E-state index in [1.807, 2.05) is 6.92 Å². The molecule has 0 unspecified atom stereocenters. The van der Waals surface area contributed by atoms with Gasteiger partial charge in [0.1, 0.15) is 0 Å². The zero-order valence-electron chi connectivity index (χ0n) is 13.1. The van der Waals surface area contributed by atoms with E-state index in [0.29, 0.717) is 0 Å². The predicted molar refractivity (Wildman–Crippen MR) is 86.4 cm³/mol. The zero-order chi connectivity index (χ0) is 14.3. The number of hydrogen-bond acceptors (Lipinski definition) is 1. The molecule has 1 fully saturated rings. The normalized spacial score (nSPS) is 16.6. The number of nitrogens with zero attached hydrogens (tertiary/aromatic N) is 1.